The Morgan fingerprint density at radius 1 is 1.12 bits per heavy atom. The predicted octanol–water partition coefficient (Wildman–Crippen LogP) is 2.40. The second-order valence-electron chi connectivity index (χ2n) is 4.74. The Bertz CT molecular complexity index is 714. The predicted molar refractivity (Wildman–Crippen MR) is 68.7 cm³/mol. The summed E-state index contributed by atoms with van der Waals surface area (Å²) in [6, 6.07) is 8.47. The van der Waals surface area contributed by atoms with Gasteiger partial charge in [-0.15, -0.1) is 0 Å². The van der Waals surface area contributed by atoms with Gasteiger partial charge in [0.2, 0.25) is 0 Å². The molecule has 17 heavy (non-hydrogen) atoms. The van der Waals surface area contributed by atoms with Crippen molar-refractivity contribution in [2.45, 2.75) is 19.3 Å². The summed E-state index contributed by atoms with van der Waals surface area (Å²) in [6.45, 7) is 0. The quantitative estimate of drug-likeness (QED) is 0.635. The average molecular weight is 219 g/mol. The second-order valence-corrected chi connectivity index (χ2v) is 4.74. The van der Waals surface area contributed by atoms with E-state index in [4.69, 9.17) is 4.99 Å². The molecule has 4 rings (SSSR count). The minimum absolute atomic E-state index is 1.04. The first-order valence-electron chi connectivity index (χ1n) is 6.21. The van der Waals surface area contributed by atoms with E-state index in [0.717, 1.165) is 11.8 Å². The molecule has 82 valence electrons. The molecule has 2 aliphatic carbocycles. The molecule has 0 atom stereocenters. The number of hydrogen-bond acceptors (Lipinski definition) is 1. The minimum Gasteiger partial charge on any atom is -0.247 e. The fourth-order valence-electron chi connectivity index (χ4n) is 2.92. The first kappa shape index (κ1) is 9.17. The number of allylic oxidation sites excluding steroid dienone is 6. The Hall–Kier alpha value is -1.89. The topological polar surface area (TPSA) is 12.4 Å². The van der Waals surface area contributed by atoms with Gasteiger partial charge in [-0.3, -0.25) is 0 Å². The maximum Gasteiger partial charge on any atom is 0.0753 e. The van der Waals surface area contributed by atoms with Crippen molar-refractivity contribution in [1.82, 2.24) is 0 Å². The lowest BCUT2D eigenvalue weighted by molar-refractivity contribution is 0.943. The van der Waals surface area contributed by atoms with Crippen LogP contribution in [-0.2, 0) is 0 Å². The van der Waals surface area contributed by atoms with Crippen LogP contribution in [0.2, 0.25) is 0 Å². The highest BCUT2D eigenvalue weighted by atomic mass is 14.8. The lowest BCUT2D eigenvalue weighted by Crippen LogP contribution is -2.22. The normalized spacial score (nSPS) is 20.5. The van der Waals surface area contributed by atoms with E-state index >= 15 is 0 Å². The Balaban J connectivity index is 2.09. The highest BCUT2D eigenvalue weighted by Gasteiger charge is 2.22. The Labute approximate surface area is 100 Å². The van der Waals surface area contributed by atoms with Crippen molar-refractivity contribution in [3.8, 4) is 0 Å². The highest BCUT2D eigenvalue weighted by molar-refractivity contribution is 5.75. The van der Waals surface area contributed by atoms with Gasteiger partial charge in [-0.2, -0.15) is 0 Å². The Morgan fingerprint density at radius 2 is 2.06 bits per heavy atom. The van der Waals surface area contributed by atoms with E-state index in [1.807, 2.05) is 0 Å². The molecule has 0 amide bonds. The van der Waals surface area contributed by atoms with Crippen LogP contribution in [0.5, 0.6) is 0 Å². The second kappa shape index (κ2) is 3.30. The molecule has 1 aliphatic heterocycles. The van der Waals surface area contributed by atoms with Gasteiger partial charge in [-0.25, -0.2) is 4.99 Å². The molecule has 0 bridgehead atoms. The molecule has 1 heteroatoms. The fourth-order valence-corrected chi connectivity index (χ4v) is 2.92. The van der Waals surface area contributed by atoms with Crippen LogP contribution < -0.4 is 10.6 Å². The van der Waals surface area contributed by atoms with Gasteiger partial charge in [-0.05, 0) is 36.5 Å². The molecule has 0 radical (unpaired) electrons. The van der Waals surface area contributed by atoms with E-state index in [9.17, 15) is 0 Å². The van der Waals surface area contributed by atoms with Crippen LogP contribution in [-0.4, -0.2) is 0 Å². The van der Waals surface area contributed by atoms with E-state index in [1.54, 1.807) is 0 Å². The van der Waals surface area contributed by atoms with E-state index in [2.05, 4.69) is 42.5 Å². The fraction of sp³-hybridized carbons (Fsp3) is 0.188. The van der Waals surface area contributed by atoms with Gasteiger partial charge in [0.1, 0.15) is 0 Å². The minimum atomic E-state index is 1.04. The highest BCUT2D eigenvalue weighted by Crippen LogP contribution is 2.36. The van der Waals surface area contributed by atoms with Crippen LogP contribution in [0.1, 0.15) is 19.3 Å². The van der Waals surface area contributed by atoms with Gasteiger partial charge < -0.3 is 0 Å². The molecule has 0 unspecified atom stereocenters. The third-order valence-corrected chi connectivity index (χ3v) is 3.77. The number of para-hydroxylation sites is 1. The number of hydrogen-bond donors (Lipinski definition) is 0. The molecule has 0 saturated heterocycles. The van der Waals surface area contributed by atoms with E-state index in [1.165, 1.54) is 40.5 Å². The Kier molecular flexibility index (Phi) is 1.78. The summed E-state index contributed by atoms with van der Waals surface area (Å²) in [7, 11) is 0. The Morgan fingerprint density at radius 3 is 3.06 bits per heavy atom. The first-order chi connectivity index (χ1) is 8.43. The van der Waals surface area contributed by atoms with Gasteiger partial charge in [0.05, 0.1) is 11.1 Å². The summed E-state index contributed by atoms with van der Waals surface area (Å²) in [5.41, 5.74) is 5.47. The van der Waals surface area contributed by atoms with Gasteiger partial charge in [-0.1, -0.05) is 36.4 Å². The first-order valence-corrected chi connectivity index (χ1v) is 6.21. The summed E-state index contributed by atoms with van der Waals surface area (Å²) >= 11 is 0. The van der Waals surface area contributed by atoms with Crippen molar-refractivity contribution in [3.63, 3.8) is 0 Å². The molecular formula is C16H13N. The monoisotopic (exact) mass is 219 g/mol. The molecule has 1 aromatic rings. The van der Waals surface area contributed by atoms with E-state index < -0.39 is 0 Å². The zero-order valence-corrected chi connectivity index (χ0v) is 9.61. The SMILES string of the molecule is C1=CC2=C3N=c4ccccc4=C3CC=C2CC1. The smallest absolute Gasteiger partial charge is 0.0753 e. The van der Waals surface area contributed by atoms with Gasteiger partial charge in [0.15, 0.2) is 0 Å². The maximum absolute atomic E-state index is 4.81. The summed E-state index contributed by atoms with van der Waals surface area (Å²) in [4.78, 5) is 4.81. The van der Waals surface area contributed by atoms with Crippen molar-refractivity contribution in [2.75, 3.05) is 0 Å². The van der Waals surface area contributed by atoms with Crippen LogP contribution in [0.15, 0.2) is 64.3 Å². The van der Waals surface area contributed by atoms with Crippen molar-refractivity contribution in [1.29, 1.82) is 0 Å². The molecule has 0 aromatic heterocycles. The summed E-state index contributed by atoms with van der Waals surface area (Å²) in [5.74, 6) is 0. The molecule has 1 nitrogen and oxygen atoms in total. The molecule has 3 aliphatic rings. The van der Waals surface area contributed by atoms with Gasteiger partial charge in [0.25, 0.3) is 0 Å². The molecule has 0 fully saturated rings. The van der Waals surface area contributed by atoms with Crippen LogP contribution >= 0.6 is 0 Å². The van der Waals surface area contributed by atoms with Gasteiger partial charge in [0, 0.05) is 10.8 Å². The molecular weight excluding hydrogens is 206 g/mol. The molecule has 0 saturated carbocycles. The largest absolute Gasteiger partial charge is 0.247 e. The zero-order valence-electron chi connectivity index (χ0n) is 9.61. The van der Waals surface area contributed by atoms with Crippen LogP contribution in [0.4, 0.5) is 0 Å². The summed E-state index contributed by atoms with van der Waals surface area (Å²) in [6.07, 6.45) is 10.3. The zero-order chi connectivity index (χ0) is 11.2. The number of fused-ring (bicyclic) bond motifs is 3. The van der Waals surface area contributed by atoms with Crippen molar-refractivity contribution in [3.05, 3.63) is 69.9 Å². The third-order valence-electron chi connectivity index (χ3n) is 3.77. The van der Waals surface area contributed by atoms with Crippen LogP contribution in [0, 0.1) is 0 Å². The number of nitrogens with zero attached hydrogens (tertiary/aromatic N) is 1. The maximum atomic E-state index is 4.81. The standard InChI is InChI=1S/C16H13N/c1-2-6-12-11(5-1)9-10-14-13-7-3-4-8-15(13)17-16(12)14/h2-4,6-9H,1,5,10H2. The van der Waals surface area contributed by atoms with E-state index in [-0.39, 0.29) is 0 Å². The van der Waals surface area contributed by atoms with Crippen molar-refractivity contribution < 1.29 is 0 Å². The van der Waals surface area contributed by atoms with Crippen molar-refractivity contribution >= 4 is 5.57 Å². The molecule has 1 aromatic carbocycles. The van der Waals surface area contributed by atoms with Crippen LogP contribution in [0.3, 0.4) is 0 Å². The van der Waals surface area contributed by atoms with Crippen LogP contribution in [0.25, 0.3) is 5.57 Å². The van der Waals surface area contributed by atoms with Gasteiger partial charge >= 0.3 is 0 Å². The number of rotatable bonds is 0. The lowest BCUT2D eigenvalue weighted by Gasteiger charge is -2.20. The summed E-state index contributed by atoms with van der Waals surface area (Å²) < 4.78 is 0. The third kappa shape index (κ3) is 1.22. The lowest BCUT2D eigenvalue weighted by atomic mass is 9.86. The molecule has 1 heterocycles. The average Bonchev–Trinajstić information content (AvgIpc) is 2.78. The molecule has 0 spiro atoms. The molecule has 0 N–H and O–H groups in total. The summed E-state index contributed by atoms with van der Waals surface area (Å²) in [5, 5.41) is 2.46. The van der Waals surface area contributed by atoms with E-state index in [0.29, 0.717) is 0 Å². The number of benzene rings is 1. The van der Waals surface area contributed by atoms with Crippen molar-refractivity contribution in [2.24, 2.45) is 4.99 Å².